The Kier molecular flexibility index (Phi) is 9.24. The maximum atomic E-state index is 16.5. The number of nitrogens with zero attached hydrogens (tertiary/aromatic N) is 3. The van der Waals surface area contributed by atoms with E-state index < -0.39 is 49.8 Å². The van der Waals surface area contributed by atoms with Gasteiger partial charge in [0.05, 0.1) is 50.9 Å². The highest BCUT2D eigenvalue weighted by molar-refractivity contribution is 6.72. The second-order valence-corrected chi connectivity index (χ2v) is 18.6. The molecule has 7 rings (SSSR count). The van der Waals surface area contributed by atoms with Crippen molar-refractivity contribution in [1.29, 1.82) is 0 Å². The predicted octanol–water partition coefficient (Wildman–Crippen LogP) is 4.98. The lowest BCUT2D eigenvalue weighted by molar-refractivity contribution is -0.154. The Morgan fingerprint density at radius 2 is 1.79 bits per heavy atom. The van der Waals surface area contributed by atoms with Gasteiger partial charge in [-0.15, -0.1) is 0 Å². The van der Waals surface area contributed by atoms with E-state index in [0.717, 1.165) is 11.1 Å². The number of hydrogen-bond acceptors (Lipinski definition) is 8. The van der Waals surface area contributed by atoms with Crippen LogP contribution < -0.4 is 14.5 Å². The third-order valence-corrected chi connectivity index (χ3v) is 13.6. The second kappa shape index (κ2) is 13.4. The van der Waals surface area contributed by atoms with Gasteiger partial charge in [-0.1, -0.05) is 43.3 Å². The maximum absolute atomic E-state index is 16.5. The number of hydrogen-bond donors (Lipinski definition) is 1. The van der Waals surface area contributed by atoms with Crippen molar-refractivity contribution in [2.75, 3.05) is 23.5 Å². The number of aliphatic hydroxyl groups is 1. The molecule has 3 aromatic carbocycles. The molecule has 0 aliphatic carbocycles. The number of carbonyl (C=O) groups excluding carboxylic acids is 4. The summed E-state index contributed by atoms with van der Waals surface area (Å²) in [7, 11) is -2.04. The summed E-state index contributed by atoms with van der Waals surface area (Å²) in [6, 6.07) is 19.9. The van der Waals surface area contributed by atoms with Crippen LogP contribution in [0.4, 0.5) is 15.5 Å². The van der Waals surface area contributed by atoms with E-state index in [1.807, 2.05) is 37.3 Å². The first-order chi connectivity index (χ1) is 24.8. The Balaban J connectivity index is 1.21. The van der Waals surface area contributed by atoms with Gasteiger partial charge in [0.25, 0.3) is 5.91 Å². The van der Waals surface area contributed by atoms with E-state index in [1.165, 1.54) is 18.9 Å². The number of esters is 1. The second-order valence-electron chi connectivity index (χ2n) is 14.8. The maximum Gasteiger partial charge on any atom is 0.304 e. The van der Waals surface area contributed by atoms with Gasteiger partial charge in [-0.2, -0.15) is 0 Å². The molecule has 6 atom stereocenters. The lowest BCUT2D eigenvalue weighted by Crippen LogP contribution is -2.54. The molecular weight excluding hydrogens is 686 g/mol. The van der Waals surface area contributed by atoms with Crippen LogP contribution in [0.5, 0.6) is 5.75 Å². The van der Waals surface area contributed by atoms with Gasteiger partial charge in [0, 0.05) is 36.2 Å². The molecule has 2 fully saturated rings. The van der Waals surface area contributed by atoms with Crippen LogP contribution in [0, 0.1) is 5.92 Å². The van der Waals surface area contributed by atoms with Crippen LogP contribution in [0.2, 0.25) is 18.6 Å². The highest BCUT2D eigenvalue weighted by Crippen LogP contribution is 2.61. The number of halogens is 1. The van der Waals surface area contributed by atoms with Crippen molar-refractivity contribution in [2.24, 2.45) is 5.92 Å². The standard InChI is InChI=1S/C39H44FN3O8Si/c1-23-37(52(4,5)40)33(18-34(46)41-21-27-11-7-6-10-26(27)16-29(41)22-44)51-39(23)31-17-30(49-3)13-14-32(31)42(38(39)48)20-25-9-8-12-28(15-25)43-35(47)19-36(43)50-24(2)45/h6-15,17,23,29,33,36-37,44H,16,18-22H2,1-5H3/t23-,29-,33+,36?,37-,39+/m0/s1. The summed E-state index contributed by atoms with van der Waals surface area (Å²) in [6.45, 7) is 6.55. The van der Waals surface area contributed by atoms with E-state index in [4.69, 9.17) is 14.2 Å². The van der Waals surface area contributed by atoms with Crippen LogP contribution in [-0.4, -0.2) is 74.2 Å². The largest absolute Gasteiger partial charge is 0.497 e. The molecule has 13 heteroatoms. The molecule has 4 heterocycles. The molecular formula is C39H44FN3O8Si. The Morgan fingerprint density at radius 1 is 1.04 bits per heavy atom. The van der Waals surface area contributed by atoms with Crippen LogP contribution in [0.1, 0.15) is 48.9 Å². The van der Waals surface area contributed by atoms with Crippen molar-refractivity contribution in [3.63, 3.8) is 0 Å². The Hall–Kier alpha value is -4.59. The van der Waals surface area contributed by atoms with Crippen LogP contribution in [-0.2, 0) is 53.8 Å². The summed E-state index contributed by atoms with van der Waals surface area (Å²) >= 11 is 0. The van der Waals surface area contributed by atoms with Crippen molar-refractivity contribution < 1.29 is 42.6 Å². The van der Waals surface area contributed by atoms with E-state index in [0.29, 0.717) is 41.2 Å². The summed E-state index contributed by atoms with van der Waals surface area (Å²) < 4.78 is 34.3. The molecule has 3 amide bonds. The molecule has 0 saturated carbocycles. The Labute approximate surface area is 303 Å². The normalized spacial score (nSPS) is 26.7. The SMILES string of the molecule is COc1ccc2c(c1)[C@@]1(O[C@H](CC(=O)N3Cc4ccccc4C[C@H]3CO)[C@@H]([Si](C)(C)F)[C@@H]1C)C(=O)N2Cc1cccc(N2C(=O)CC2OC(C)=O)c1. The van der Waals surface area contributed by atoms with Crippen LogP contribution in [0.3, 0.4) is 0 Å². The fourth-order valence-corrected chi connectivity index (χ4v) is 11.3. The topological polar surface area (TPSA) is 126 Å². The number of carbonyl (C=O) groups is 4. The number of anilines is 2. The first-order valence-electron chi connectivity index (χ1n) is 17.7. The summed E-state index contributed by atoms with van der Waals surface area (Å²) in [5.41, 5.74) is 2.16. The minimum atomic E-state index is -3.58. The Bertz CT molecular complexity index is 1940. The van der Waals surface area contributed by atoms with Gasteiger partial charge in [0.1, 0.15) is 5.75 Å². The number of methoxy groups -OCH3 is 1. The first-order valence-corrected chi connectivity index (χ1v) is 20.6. The quantitative estimate of drug-likeness (QED) is 0.142. The molecule has 2 saturated heterocycles. The van der Waals surface area contributed by atoms with Gasteiger partial charge >= 0.3 is 5.97 Å². The molecule has 0 bridgehead atoms. The average Bonchev–Trinajstić information content (AvgIpc) is 3.52. The molecule has 0 aromatic heterocycles. The minimum Gasteiger partial charge on any atom is -0.497 e. The van der Waals surface area contributed by atoms with Crippen LogP contribution in [0.15, 0.2) is 66.7 Å². The number of aliphatic hydroxyl groups excluding tert-OH is 1. The molecule has 11 nitrogen and oxygen atoms in total. The molecule has 1 unspecified atom stereocenters. The van der Waals surface area contributed by atoms with Crippen LogP contribution >= 0.6 is 0 Å². The van der Waals surface area contributed by atoms with Gasteiger partial charge in [0.15, 0.2) is 11.8 Å². The van der Waals surface area contributed by atoms with E-state index >= 15 is 4.11 Å². The molecule has 3 aromatic rings. The number of rotatable bonds is 9. The zero-order chi connectivity index (χ0) is 37.1. The summed E-state index contributed by atoms with van der Waals surface area (Å²) in [4.78, 5) is 57.9. The van der Waals surface area contributed by atoms with Gasteiger partial charge in [-0.05, 0) is 66.5 Å². The first kappa shape index (κ1) is 35.8. The average molecular weight is 730 g/mol. The smallest absolute Gasteiger partial charge is 0.304 e. The summed E-state index contributed by atoms with van der Waals surface area (Å²) in [5, 5.41) is 10.3. The van der Waals surface area contributed by atoms with Crippen molar-refractivity contribution in [3.8, 4) is 5.75 Å². The van der Waals surface area contributed by atoms with Gasteiger partial charge < -0.3 is 33.2 Å². The van der Waals surface area contributed by atoms with Crippen molar-refractivity contribution in [2.45, 2.75) is 88.8 Å². The van der Waals surface area contributed by atoms with Gasteiger partial charge in [-0.3, -0.25) is 24.1 Å². The molecule has 1 spiro atoms. The lowest BCUT2D eigenvalue weighted by atomic mass is 9.82. The molecule has 274 valence electrons. The number of fused-ring (bicyclic) bond motifs is 3. The van der Waals surface area contributed by atoms with Crippen molar-refractivity contribution in [3.05, 3.63) is 89.0 Å². The Morgan fingerprint density at radius 3 is 2.46 bits per heavy atom. The zero-order valence-corrected chi connectivity index (χ0v) is 31.0. The molecule has 4 aliphatic rings. The third-order valence-electron chi connectivity index (χ3n) is 11.2. The van der Waals surface area contributed by atoms with Gasteiger partial charge in [-0.25, -0.2) is 0 Å². The third kappa shape index (κ3) is 5.98. The molecule has 0 radical (unpaired) electrons. The lowest BCUT2D eigenvalue weighted by Gasteiger charge is -2.39. The predicted molar refractivity (Wildman–Crippen MR) is 193 cm³/mol. The number of benzene rings is 3. The summed E-state index contributed by atoms with van der Waals surface area (Å²) in [5.74, 6) is -1.44. The zero-order valence-electron chi connectivity index (χ0n) is 30.0. The van der Waals surface area contributed by atoms with E-state index in [9.17, 15) is 24.3 Å². The van der Waals surface area contributed by atoms with Gasteiger partial charge in [0.2, 0.25) is 20.2 Å². The van der Waals surface area contributed by atoms with Crippen molar-refractivity contribution in [1.82, 2.24) is 4.90 Å². The monoisotopic (exact) mass is 729 g/mol. The molecule has 4 aliphatic heterocycles. The highest BCUT2D eigenvalue weighted by atomic mass is 28.4. The van der Waals surface area contributed by atoms with E-state index in [-0.39, 0.29) is 43.7 Å². The van der Waals surface area contributed by atoms with Crippen molar-refractivity contribution >= 4 is 43.5 Å². The highest BCUT2D eigenvalue weighted by Gasteiger charge is 2.67. The molecule has 1 N–H and O–H groups in total. The van der Waals surface area contributed by atoms with E-state index in [2.05, 4.69) is 0 Å². The fourth-order valence-electron chi connectivity index (χ4n) is 8.81. The van der Waals surface area contributed by atoms with E-state index in [1.54, 1.807) is 59.3 Å². The fraction of sp³-hybridized carbons (Fsp3) is 0.436. The number of ether oxygens (including phenoxy) is 3. The number of amides is 3. The van der Waals surface area contributed by atoms with Crippen LogP contribution in [0.25, 0.3) is 0 Å². The summed E-state index contributed by atoms with van der Waals surface area (Å²) in [6.07, 6.45) is -1.14. The molecule has 52 heavy (non-hydrogen) atoms. The number of β-lactam (4-membered cyclic amide) rings is 1. The minimum absolute atomic E-state index is 0.0894.